The number of aromatic nitrogens is 1. The van der Waals surface area contributed by atoms with E-state index in [0.717, 1.165) is 16.7 Å². The summed E-state index contributed by atoms with van der Waals surface area (Å²) in [6.07, 6.45) is 1.56. The maximum Gasteiger partial charge on any atom is 0.256 e. The molecule has 1 heterocycles. The van der Waals surface area contributed by atoms with Crippen molar-refractivity contribution in [2.75, 3.05) is 7.05 Å². The Bertz CT molecular complexity index is 626. The van der Waals surface area contributed by atoms with Gasteiger partial charge in [-0.2, -0.15) is 0 Å². The predicted molar refractivity (Wildman–Crippen MR) is 77.7 cm³/mol. The van der Waals surface area contributed by atoms with E-state index in [-0.39, 0.29) is 5.88 Å². The number of benzene rings is 1. The molecular weight excluding hydrogens is 255 g/mol. The number of halogens is 1. The van der Waals surface area contributed by atoms with Gasteiger partial charge < -0.3 is 10.1 Å². The highest BCUT2D eigenvalue weighted by Gasteiger charge is 2.13. The first-order valence-electron chi connectivity index (χ1n) is 6.56. The summed E-state index contributed by atoms with van der Waals surface area (Å²) in [7, 11) is 1.77. The summed E-state index contributed by atoms with van der Waals surface area (Å²) in [5.74, 6) is 0.252. The molecule has 0 aliphatic carbocycles. The Morgan fingerprint density at radius 1 is 1.25 bits per heavy atom. The lowest BCUT2D eigenvalue weighted by Gasteiger charge is -2.13. The molecule has 0 aliphatic rings. The van der Waals surface area contributed by atoms with Crippen LogP contribution in [0.25, 0.3) is 0 Å². The van der Waals surface area contributed by atoms with Crippen molar-refractivity contribution < 1.29 is 9.13 Å². The molecule has 0 aliphatic heterocycles. The van der Waals surface area contributed by atoms with E-state index in [4.69, 9.17) is 4.74 Å². The fraction of sp³-hybridized carbons (Fsp3) is 0.312. The molecule has 3 nitrogen and oxygen atoms in total. The molecule has 0 atom stereocenters. The van der Waals surface area contributed by atoms with Crippen molar-refractivity contribution in [3.63, 3.8) is 0 Å². The maximum absolute atomic E-state index is 14.3. The average Bonchev–Trinajstić information content (AvgIpc) is 2.40. The Morgan fingerprint density at radius 2 is 2.00 bits per heavy atom. The Morgan fingerprint density at radius 3 is 2.70 bits per heavy atom. The van der Waals surface area contributed by atoms with Gasteiger partial charge in [-0.1, -0.05) is 6.07 Å². The quantitative estimate of drug-likeness (QED) is 0.924. The van der Waals surface area contributed by atoms with Crippen LogP contribution in [0.2, 0.25) is 0 Å². The molecule has 0 saturated heterocycles. The Kier molecular flexibility index (Phi) is 4.35. The van der Waals surface area contributed by atoms with Crippen LogP contribution in [0.15, 0.2) is 24.4 Å². The van der Waals surface area contributed by atoms with E-state index < -0.39 is 5.82 Å². The lowest BCUT2D eigenvalue weighted by atomic mass is 10.1. The summed E-state index contributed by atoms with van der Waals surface area (Å²) in [5, 5.41) is 2.92. The van der Waals surface area contributed by atoms with Crippen molar-refractivity contribution in [1.29, 1.82) is 0 Å². The number of hydrogen-bond donors (Lipinski definition) is 1. The summed E-state index contributed by atoms with van der Waals surface area (Å²) >= 11 is 0. The summed E-state index contributed by atoms with van der Waals surface area (Å²) in [5.41, 5.74) is 3.73. The Balaban J connectivity index is 2.38. The van der Waals surface area contributed by atoms with Gasteiger partial charge in [-0.05, 0) is 56.6 Å². The van der Waals surface area contributed by atoms with Gasteiger partial charge in [-0.15, -0.1) is 0 Å². The van der Waals surface area contributed by atoms with Crippen molar-refractivity contribution in [2.24, 2.45) is 0 Å². The molecule has 0 radical (unpaired) electrons. The van der Waals surface area contributed by atoms with Gasteiger partial charge in [-0.3, -0.25) is 0 Å². The zero-order valence-corrected chi connectivity index (χ0v) is 12.2. The average molecular weight is 274 g/mol. The minimum absolute atomic E-state index is 0.0193. The number of pyridine rings is 1. The molecule has 4 heteroatoms. The number of hydrogen-bond acceptors (Lipinski definition) is 3. The fourth-order valence-electron chi connectivity index (χ4n) is 2.07. The van der Waals surface area contributed by atoms with Gasteiger partial charge in [0.2, 0.25) is 0 Å². The smallest absolute Gasteiger partial charge is 0.256 e. The van der Waals surface area contributed by atoms with Gasteiger partial charge in [-0.25, -0.2) is 9.37 Å². The third-order valence-electron chi connectivity index (χ3n) is 3.28. The van der Waals surface area contributed by atoms with Crippen LogP contribution in [0.1, 0.15) is 22.3 Å². The number of nitrogens with one attached hydrogen (secondary N) is 1. The molecule has 1 aromatic carbocycles. The lowest BCUT2D eigenvalue weighted by Crippen LogP contribution is -2.08. The molecule has 2 rings (SSSR count). The predicted octanol–water partition coefficient (Wildman–Crippen LogP) is 3.66. The molecular formula is C16H19FN2O. The van der Waals surface area contributed by atoms with Crippen LogP contribution < -0.4 is 10.1 Å². The second-order valence-electron chi connectivity index (χ2n) is 4.93. The Hall–Kier alpha value is -1.94. The molecule has 106 valence electrons. The molecule has 20 heavy (non-hydrogen) atoms. The lowest BCUT2D eigenvalue weighted by molar-refractivity contribution is 0.415. The van der Waals surface area contributed by atoms with E-state index in [1.165, 1.54) is 0 Å². The fourth-order valence-corrected chi connectivity index (χ4v) is 2.07. The second kappa shape index (κ2) is 6.01. The third-order valence-corrected chi connectivity index (χ3v) is 3.28. The van der Waals surface area contributed by atoms with Crippen LogP contribution in [0.4, 0.5) is 4.39 Å². The van der Waals surface area contributed by atoms with Crippen molar-refractivity contribution in [3.8, 4) is 11.6 Å². The zero-order chi connectivity index (χ0) is 14.7. The van der Waals surface area contributed by atoms with Crippen molar-refractivity contribution >= 4 is 0 Å². The van der Waals surface area contributed by atoms with Gasteiger partial charge >= 0.3 is 0 Å². The highest BCUT2D eigenvalue weighted by atomic mass is 19.1. The summed E-state index contributed by atoms with van der Waals surface area (Å²) < 4.78 is 19.9. The van der Waals surface area contributed by atoms with Gasteiger partial charge in [0, 0.05) is 18.3 Å². The van der Waals surface area contributed by atoms with Crippen LogP contribution >= 0.6 is 0 Å². The van der Waals surface area contributed by atoms with Crippen LogP contribution in [0, 0.1) is 26.6 Å². The first-order chi connectivity index (χ1) is 9.52. The summed E-state index contributed by atoms with van der Waals surface area (Å²) in [4.78, 5) is 3.99. The molecule has 0 bridgehead atoms. The first-order valence-corrected chi connectivity index (χ1v) is 6.56. The van der Waals surface area contributed by atoms with Crippen molar-refractivity contribution in [1.82, 2.24) is 10.3 Å². The van der Waals surface area contributed by atoms with Crippen LogP contribution in [0.5, 0.6) is 11.6 Å². The minimum Gasteiger partial charge on any atom is -0.436 e. The van der Waals surface area contributed by atoms with Crippen LogP contribution in [0.3, 0.4) is 0 Å². The SMILES string of the molecule is CNCc1ccnc(Oc2cc(C)cc(C)c2C)c1F. The van der Waals surface area contributed by atoms with E-state index in [0.29, 0.717) is 17.9 Å². The molecule has 1 aromatic heterocycles. The van der Waals surface area contributed by atoms with Gasteiger partial charge in [0.25, 0.3) is 5.88 Å². The minimum atomic E-state index is -0.416. The number of aryl methyl sites for hydroxylation is 2. The monoisotopic (exact) mass is 274 g/mol. The standard InChI is InChI=1S/C16H19FN2O/c1-10-7-11(2)12(3)14(8-10)20-16-15(17)13(9-18-4)5-6-19-16/h5-8,18H,9H2,1-4H3. The molecule has 1 N–H and O–H groups in total. The Labute approximate surface area is 118 Å². The topological polar surface area (TPSA) is 34.2 Å². The maximum atomic E-state index is 14.3. The van der Waals surface area contributed by atoms with E-state index in [9.17, 15) is 4.39 Å². The molecule has 0 fully saturated rings. The zero-order valence-electron chi connectivity index (χ0n) is 12.2. The number of rotatable bonds is 4. The van der Waals surface area contributed by atoms with Crippen LogP contribution in [-0.2, 0) is 6.54 Å². The van der Waals surface area contributed by atoms with Gasteiger partial charge in [0.1, 0.15) is 5.75 Å². The van der Waals surface area contributed by atoms with E-state index >= 15 is 0 Å². The number of nitrogens with zero attached hydrogens (tertiary/aromatic N) is 1. The third kappa shape index (κ3) is 2.96. The molecule has 0 saturated carbocycles. The van der Waals surface area contributed by atoms with Gasteiger partial charge in [0.15, 0.2) is 5.82 Å². The molecule has 0 spiro atoms. The van der Waals surface area contributed by atoms with Crippen LogP contribution in [-0.4, -0.2) is 12.0 Å². The highest BCUT2D eigenvalue weighted by molar-refractivity contribution is 5.44. The summed E-state index contributed by atoms with van der Waals surface area (Å²) in [6.45, 7) is 6.40. The summed E-state index contributed by atoms with van der Waals surface area (Å²) in [6, 6.07) is 5.62. The van der Waals surface area contributed by atoms with Gasteiger partial charge in [0.05, 0.1) is 0 Å². The largest absolute Gasteiger partial charge is 0.436 e. The van der Waals surface area contributed by atoms with E-state index in [2.05, 4.69) is 16.4 Å². The molecule has 0 amide bonds. The second-order valence-corrected chi connectivity index (χ2v) is 4.93. The molecule has 2 aromatic rings. The van der Waals surface area contributed by atoms with Crippen molar-refractivity contribution in [3.05, 3.63) is 52.5 Å². The van der Waals surface area contributed by atoms with E-state index in [1.54, 1.807) is 19.3 Å². The van der Waals surface area contributed by atoms with E-state index in [1.807, 2.05) is 26.8 Å². The first kappa shape index (κ1) is 14.5. The molecule has 0 unspecified atom stereocenters. The van der Waals surface area contributed by atoms with Crippen molar-refractivity contribution in [2.45, 2.75) is 27.3 Å². The highest BCUT2D eigenvalue weighted by Crippen LogP contribution is 2.29. The normalized spacial score (nSPS) is 10.7. The number of ether oxygens (including phenoxy) is 1.